The molecule has 0 saturated carbocycles. The lowest BCUT2D eigenvalue weighted by Gasteiger charge is -2.30. The van der Waals surface area contributed by atoms with Gasteiger partial charge in [-0.25, -0.2) is 0 Å². The summed E-state index contributed by atoms with van der Waals surface area (Å²) >= 11 is 0. The number of rotatable bonds is 1. The van der Waals surface area contributed by atoms with Crippen LogP contribution in [0.5, 0.6) is 0 Å². The minimum Gasteiger partial charge on any atom is -0.361 e. The number of fused-ring (bicyclic) bond motifs is 1. The molecule has 0 bridgehead atoms. The first-order valence-electron chi connectivity index (χ1n) is 6.32. The van der Waals surface area contributed by atoms with E-state index in [0.717, 1.165) is 11.1 Å². The molecule has 1 fully saturated rings. The summed E-state index contributed by atoms with van der Waals surface area (Å²) in [6.45, 7) is 8.29. The van der Waals surface area contributed by atoms with E-state index in [2.05, 4.69) is 50.9 Å². The van der Waals surface area contributed by atoms with Crippen LogP contribution in [0, 0.1) is 0 Å². The van der Waals surface area contributed by atoms with Crippen molar-refractivity contribution in [3.63, 3.8) is 0 Å². The molecule has 1 aliphatic rings. The number of aromatic nitrogens is 1. The lowest BCUT2D eigenvalue weighted by molar-refractivity contribution is -0.0886. The smallest absolute Gasteiger partial charge is 0.187 e. The minimum atomic E-state index is -0.308. The minimum absolute atomic E-state index is 0.299. The molecular formula is C15H19NO2. The van der Waals surface area contributed by atoms with Crippen molar-refractivity contribution in [1.29, 1.82) is 0 Å². The van der Waals surface area contributed by atoms with Gasteiger partial charge in [-0.1, -0.05) is 18.2 Å². The Labute approximate surface area is 107 Å². The van der Waals surface area contributed by atoms with Gasteiger partial charge in [-0.3, -0.25) is 0 Å². The fraction of sp³-hybridized carbons (Fsp3) is 0.467. The molecule has 1 aromatic carbocycles. The quantitative estimate of drug-likeness (QED) is 0.829. The highest BCUT2D eigenvalue weighted by Crippen LogP contribution is 2.45. The third-order valence-corrected chi connectivity index (χ3v) is 4.13. The van der Waals surface area contributed by atoms with Crippen molar-refractivity contribution < 1.29 is 9.47 Å². The summed E-state index contributed by atoms with van der Waals surface area (Å²) in [5, 5.41) is 1.18. The zero-order chi connectivity index (χ0) is 13.0. The van der Waals surface area contributed by atoms with Crippen LogP contribution in [-0.2, 0) is 9.47 Å². The van der Waals surface area contributed by atoms with Crippen LogP contribution in [0.2, 0.25) is 0 Å². The Kier molecular flexibility index (Phi) is 2.34. The third-order valence-electron chi connectivity index (χ3n) is 4.13. The van der Waals surface area contributed by atoms with Gasteiger partial charge in [-0.2, -0.15) is 0 Å². The Bertz CT molecular complexity index is 567. The average Bonchev–Trinajstić information content (AvgIpc) is 2.81. The lowest BCUT2D eigenvalue weighted by Crippen LogP contribution is -2.41. The van der Waals surface area contributed by atoms with Gasteiger partial charge in [0, 0.05) is 11.8 Å². The number of hydrogen-bond donors (Lipinski definition) is 1. The van der Waals surface area contributed by atoms with Crippen LogP contribution >= 0.6 is 0 Å². The molecule has 0 amide bonds. The fourth-order valence-corrected chi connectivity index (χ4v) is 2.28. The maximum Gasteiger partial charge on any atom is 0.187 e. The average molecular weight is 245 g/mol. The fourth-order valence-electron chi connectivity index (χ4n) is 2.28. The highest BCUT2D eigenvalue weighted by atomic mass is 16.7. The lowest BCUT2D eigenvalue weighted by atomic mass is 9.90. The number of hydrogen-bond acceptors (Lipinski definition) is 2. The second-order valence-electron chi connectivity index (χ2n) is 5.88. The van der Waals surface area contributed by atoms with Crippen molar-refractivity contribution in [3.8, 4) is 0 Å². The van der Waals surface area contributed by atoms with E-state index in [0.29, 0.717) is 0 Å². The molecule has 96 valence electrons. The molecule has 1 aromatic heterocycles. The largest absolute Gasteiger partial charge is 0.361 e. The number of ether oxygens (including phenoxy) is 2. The van der Waals surface area contributed by atoms with E-state index in [9.17, 15) is 0 Å². The third kappa shape index (κ3) is 1.58. The van der Waals surface area contributed by atoms with Gasteiger partial charge in [0.1, 0.15) is 0 Å². The summed E-state index contributed by atoms with van der Waals surface area (Å²) in [6.07, 6.45) is 1.64. The standard InChI is InChI=1S/C15H19NO2/c1-14(2)15(3,4)18-13(17-14)11-7-5-6-10-8-9-16-12(10)11/h5-9,13,16H,1-4H3. The first kappa shape index (κ1) is 11.8. The van der Waals surface area contributed by atoms with Gasteiger partial charge in [0.25, 0.3) is 0 Å². The molecule has 3 rings (SSSR count). The Morgan fingerprint density at radius 1 is 1.00 bits per heavy atom. The molecule has 3 heteroatoms. The molecule has 0 unspecified atom stereocenters. The van der Waals surface area contributed by atoms with E-state index in [4.69, 9.17) is 9.47 Å². The summed E-state index contributed by atoms with van der Waals surface area (Å²) in [5.74, 6) is 0. The molecule has 1 aliphatic heterocycles. The van der Waals surface area contributed by atoms with Crippen molar-refractivity contribution in [2.75, 3.05) is 0 Å². The van der Waals surface area contributed by atoms with Gasteiger partial charge in [0.05, 0.1) is 16.7 Å². The first-order valence-corrected chi connectivity index (χ1v) is 6.32. The number of H-pyrrole nitrogens is 1. The Morgan fingerprint density at radius 3 is 2.33 bits per heavy atom. The van der Waals surface area contributed by atoms with Gasteiger partial charge in [0.2, 0.25) is 0 Å². The predicted octanol–water partition coefficient (Wildman–Crippen LogP) is 3.77. The van der Waals surface area contributed by atoms with Crippen LogP contribution in [0.4, 0.5) is 0 Å². The maximum atomic E-state index is 6.09. The predicted molar refractivity (Wildman–Crippen MR) is 71.4 cm³/mol. The molecule has 2 aromatic rings. The summed E-state index contributed by atoms with van der Waals surface area (Å²) in [4.78, 5) is 3.26. The summed E-state index contributed by atoms with van der Waals surface area (Å²) in [5.41, 5.74) is 1.56. The van der Waals surface area contributed by atoms with E-state index >= 15 is 0 Å². The number of benzene rings is 1. The van der Waals surface area contributed by atoms with E-state index in [1.807, 2.05) is 12.3 Å². The van der Waals surface area contributed by atoms with Crippen LogP contribution < -0.4 is 0 Å². The molecule has 0 aliphatic carbocycles. The molecular weight excluding hydrogens is 226 g/mol. The van der Waals surface area contributed by atoms with Crippen LogP contribution in [-0.4, -0.2) is 16.2 Å². The van der Waals surface area contributed by atoms with Crippen LogP contribution in [0.1, 0.15) is 39.5 Å². The maximum absolute atomic E-state index is 6.09. The molecule has 0 atom stereocenters. The van der Waals surface area contributed by atoms with Crippen LogP contribution in [0.15, 0.2) is 30.5 Å². The van der Waals surface area contributed by atoms with Gasteiger partial charge < -0.3 is 14.5 Å². The summed E-state index contributed by atoms with van der Waals surface area (Å²) < 4.78 is 12.2. The van der Waals surface area contributed by atoms with Gasteiger partial charge in [-0.05, 0) is 39.1 Å². The van der Waals surface area contributed by atoms with Crippen molar-refractivity contribution in [2.24, 2.45) is 0 Å². The zero-order valence-corrected chi connectivity index (χ0v) is 11.3. The molecule has 0 spiro atoms. The van der Waals surface area contributed by atoms with Crippen LogP contribution in [0.3, 0.4) is 0 Å². The van der Waals surface area contributed by atoms with E-state index in [-0.39, 0.29) is 17.5 Å². The molecule has 1 N–H and O–H groups in total. The number of para-hydroxylation sites is 1. The van der Waals surface area contributed by atoms with E-state index < -0.39 is 0 Å². The van der Waals surface area contributed by atoms with Crippen molar-refractivity contribution in [2.45, 2.75) is 45.2 Å². The van der Waals surface area contributed by atoms with Crippen molar-refractivity contribution in [3.05, 3.63) is 36.0 Å². The monoisotopic (exact) mass is 245 g/mol. The zero-order valence-electron chi connectivity index (χ0n) is 11.3. The molecule has 1 saturated heterocycles. The second kappa shape index (κ2) is 3.59. The summed E-state index contributed by atoms with van der Waals surface area (Å²) in [6, 6.07) is 8.24. The van der Waals surface area contributed by atoms with E-state index in [1.165, 1.54) is 5.39 Å². The highest BCUT2D eigenvalue weighted by molar-refractivity contribution is 5.82. The first-order chi connectivity index (χ1) is 8.41. The number of aromatic amines is 1. The Hall–Kier alpha value is -1.32. The Balaban J connectivity index is 2.05. The second-order valence-corrected chi connectivity index (χ2v) is 5.88. The molecule has 0 radical (unpaired) electrons. The Morgan fingerprint density at radius 2 is 1.67 bits per heavy atom. The van der Waals surface area contributed by atoms with Crippen LogP contribution in [0.25, 0.3) is 10.9 Å². The van der Waals surface area contributed by atoms with E-state index in [1.54, 1.807) is 0 Å². The highest BCUT2D eigenvalue weighted by Gasteiger charge is 2.49. The molecule has 3 nitrogen and oxygen atoms in total. The van der Waals surface area contributed by atoms with Crippen molar-refractivity contribution >= 4 is 10.9 Å². The summed E-state index contributed by atoms with van der Waals surface area (Å²) in [7, 11) is 0. The van der Waals surface area contributed by atoms with Gasteiger partial charge >= 0.3 is 0 Å². The van der Waals surface area contributed by atoms with Gasteiger partial charge in [0.15, 0.2) is 6.29 Å². The topological polar surface area (TPSA) is 34.2 Å². The van der Waals surface area contributed by atoms with Gasteiger partial charge in [-0.15, -0.1) is 0 Å². The molecule has 18 heavy (non-hydrogen) atoms. The number of nitrogens with one attached hydrogen (secondary N) is 1. The van der Waals surface area contributed by atoms with Crippen molar-refractivity contribution in [1.82, 2.24) is 4.98 Å². The molecule has 2 heterocycles. The normalized spacial score (nSPS) is 22.7. The SMILES string of the molecule is CC1(C)OC(c2cccc3cc[nH]c23)OC1(C)C.